The third-order valence-electron chi connectivity index (χ3n) is 3.96. The first-order valence-corrected chi connectivity index (χ1v) is 7.43. The minimum atomic E-state index is 0.724. The fraction of sp³-hybridized carbons (Fsp3) is 0.625. The van der Waals surface area contributed by atoms with Gasteiger partial charge >= 0.3 is 0 Å². The van der Waals surface area contributed by atoms with E-state index in [-0.39, 0.29) is 0 Å². The molecule has 0 aliphatic heterocycles. The Labute approximate surface area is 111 Å². The first-order valence-electron chi connectivity index (χ1n) is 7.43. The Morgan fingerprint density at radius 2 is 1.67 bits per heavy atom. The van der Waals surface area contributed by atoms with Crippen molar-refractivity contribution in [3.8, 4) is 0 Å². The molecule has 18 heavy (non-hydrogen) atoms. The summed E-state index contributed by atoms with van der Waals surface area (Å²) < 4.78 is 0. The van der Waals surface area contributed by atoms with Crippen molar-refractivity contribution < 1.29 is 0 Å². The van der Waals surface area contributed by atoms with Crippen LogP contribution in [0.15, 0.2) is 30.3 Å². The van der Waals surface area contributed by atoms with E-state index in [1.165, 1.54) is 44.2 Å². The summed E-state index contributed by atoms with van der Waals surface area (Å²) in [6.07, 6.45) is 9.38. The van der Waals surface area contributed by atoms with Crippen molar-refractivity contribution in [3.05, 3.63) is 30.3 Å². The summed E-state index contributed by atoms with van der Waals surface area (Å²) in [6.45, 7) is 1.89. The lowest BCUT2D eigenvalue weighted by atomic mass is 10.1. The highest BCUT2D eigenvalue weighted by atomic mass is 15.2. The van der Waals surface area contributed by atoms with Crippen LogP contribution < -0.4 is 10.6 Å². The second-order valence-corrected chi connectivity index (χ2v) is 5.32. The predicted molar refractivity (Wildman–Crippen MR) is 78.9 cm³/mol. The third kappa shape index (κ3) is 3.74. The molecule has 1 fully saturated rings. The fourth-order valence-electron chi connectivity index (χ4n) is 2.97. The van der Waals surface area contributed by atoms with Crippen LogP contribution in [-0.4, -0.2) is 19.1 Å². The maximum Gasteiger partial charge on any atom is 0.0368 e. The quantitative estimate of drug-likeness (QED) is 0.805. The highest BCUT2D eigenvalue weighted by Crippen LogP contribution is 2.26. The van der Waals surface area contributed by atoms with E-state index < -0.39 is 0 Å². The molecule has 2 rings (SSSR count). The van der Waals surface area contributed by atoms with E-state index in [2.05, 4.69) is 35.2 Å². The second-order valence-electron chi connectivity index (χ2n) is 5.32. The van der Waals surface area contributed by atoms with Gasteiger partial charge in [0, 0.05) is 18.3 Å². The van der Waals surface area contributed by atoms with Crippen molar-refractivity contribution in [3.63, 3.8) is 0 Å². The summed E-state index contributed by atoms with van der Waals surface area (Å²) in [5.74, 6) is 0. The van der Waals surface area contributed by atoms with Gasteiger partial charge in [0.05, 0.1) is 0 Å². The number of hydrogen-bond donors (Lipinski definition) is 1. The minimum Gasteiger partial charge on any atom is -0.369 e. The first kappa shape index (κ1) is 13.4. The van der Waals surface area contributed by atoms with Gasteiger partial charge in [-0.2, -0.15) is 0 Å². The number of rotatable bonds is 5. The Hall–Kier alpha value is -1.02. The maximum atomic E-state index is 5.69. The van der Waals surface area contributed by atoms with Gasteiger partial charge in [-0.3, -0.25) is 0 Å². The number of hydrogen-bond acceptors (Lipinski definition) is 2. The number of nitrogens with zero attached hydrogens (tertiary/aromatic N) is 1. The molecular formula is C16H26N2. The minimum absolute atomic E-state index is 0.724. The Morgan fingerprint density at radius 1 is 1.00 bits per heavy atom. The Morgan fingerprint density at radius 3 is 2.28 bits per heavy atom. The summed E-state index contributed by atoms with van der Waals surface area (Å²) in [5, 5.41) is 0. The second kappa shape index (κ2) is 7.42. The van der Waals surface area contributed by atoms with E-state index in [0.29, 0.717) is 0 Å². The van der Waals surface area contributed by atoms with E-state index in [1.807, 2.05) is 0 Å². The van der Waals surface area contributed by atoms with Gasteiger partial charge in [-0.25, -0.2) is 0 Å². The molecule has 2 N–H and O–H groups in total. The van der Waals surface area contributed by atoms with Crippen LogP contribution in [0.2, 0.25) is 0 Å². The van der Waals surface area contributed by atoms with Gasteiger partial charge in [0.25, 0.3) is 0 Å². The van der Waals surface area contributed by atoms with Gasteiger partial charge in [0.1, 0.15) is 0 Å². The van der Waals surface area contributed by atoms with E-state index in [9.17, 15) is 0 Å². The fourth-order valence-corrected chi connectivity index (χ4v) is 2.97. The molecule has 0 heterocycles. The van der Waals surface area contributed by atoms with Crippen LogP contribution in [-0.2, 0) is 0 Å². The van der Waals surface area contributed by atoms with Crippen LogP contribution >= 0.6 is 0 Å². The zero-order chi connectivity index (χ0) is 12.6. The SMILES string of the molecule is NCCCN(c1ccccc1)C1CCCCCC1. The predicted octanol–water partition coefficient (Wildman–Crippen LogP) is 3.56. The van der Waals surface area contributed by atoms with E-state index >= 15 is 0 Å². The number of nitrogens with two attached hydrogens (primary N) is 1. The van der Waals surface area contributed by atoms with Gasteiger partial charge in [-0.05, 0) is 37.9 Å². The smallest absolute Gasteiger partial charge is 0.0368 e. The van der Waals surface area contributed by atoms with Crippen molar-refractivity contribution in [2.24, 2.45) is 5.73 Å². The van der Waals surface area contributed by atoms with E-state index in [0.717, 1.165) is 25.6 Å². The molecule has 0 radical (unpaired) electrons. The van der Waals surface area contributed by atoms with E-state index in [1.54, 1.807) is 0 Å². The van der Waals surface area contributed by atoms with Crippen LogP contribution in [0.25, 0.3) is 0 Å². The molecule has 1 saturated carbocycles. The van der Waals surface area contributed by atoms with Crippen LogP contribution in [0.5, 0.6) is 0 Å². The maximum absolute atomic E-state index is 5.69. The van der Waals surface area contributed by atoms with Crippen molar-refractivity contribution >= 4 is 5.69 Å². The molecule has 2 nitrogen and oxygen atoms in total. The lowest BCUT2D eigenvalue weighted by molar-refractivity contribution is 0.519. The van der Waals surface area contributed by atoms with Crippen LogP contribution in [0.1, 0.15) is 44.9 Å². The summed E-state index contributed by atoms with van der Waals surface area (Å²) in [5.41, 5.74) is 7.06. The molecule has 0 aromatic heterocycles. The summed E-state index contributed by atoms with van der Waals surface area (Å²) in [6, 6.07) is 11.6. The van der Waals surface area contributed by atoms with Gasteiger partial charge in [0.2, 0.25) is 0 Å². The summed E-state index contributed by atoms with van der Waals surface area (Å²) in [4.78, 5) is 2.60. The molecule has 1 aliphatic rings. The first-order chi connectivity index (χ1) is 8.92. The van der Waals surface area contributed by atoms with Crippen molar-refractivity contribution in [2.75, 3.05) is 18.0 Å². The molecule has 1 aromatic rings. The number of para-hydroxylation sites is 1. The molecule has 0 spiro atoms. The van der Waals surface area contributed by atoms with Crippen LogP contribution in [0, 0.1) is 0 Å². The topological polar surface area (TPSA) is 29.3 Å². The number of benzene rings is 1. The molecule has 0 unspecified atom stereocenters. The molecule has 0 bridgehead atoms. The molecular weight excluding hydrogens is 220 g/mol. The molecule has 1 aliphatic carbocycles. The largest absolute Gasteiger partial charge is 0.369 e. The monoisotopic (exact) mass is 246 g/mol. The lowest BCUT2D eigenvalue weighted by Crippen LogP contribution is -2.36. The Kier molecular flexibility index (Phi) is 5.53. The van der Waals surface area contributed by atoms with Gasteiger partial charge in [0.15, 0.2) is 0 Å². The van der Waals surface area contributed by atoms with Gasteiger partial charge in [-0.1, -0.05) is 43.9 Å². The van der Waals surface area contributed by atoms with Crippen molar-refractivity contribution in [2.45, 2.75) is 51.0 Å². The molecule has 0 atom stereocenters. The Balaban J connectivity index is 2.08. The van der Waals surface area contributed by atoms with Crippen molar-refractivity contribution in [1.29, 1.82) is 0 Å². The summed E-state index contributed by atoms with van der Waals surface area (Å²) in [7, 11) is 0. The molecule has 2 heteroatoms. The number of anilines is 1. The molecule has 100 valence electrons. The molecule has 0 saturated heterocycles. The highest BCUT2D eigenvalue weighted by molar-refractivity contribution is 5.47. The van der Waals surface area contributed by atoms with Crippen LogP contribution in [0.3, 0.4) is 0 Å². The zero-order valence-corrected chi connectivity index (χ0v) is 11.4. The molecule has 1 aromatic carbocycles. The van der Waals surface area contributed by atoms with Gasteiger partial charge in [-0.15, -0.1) is 0 Å². The van der Waals surface area contributed by atoms with E-state index in [4.69, 9.17) is 5.73 Å². The van der Waals surface area contributed by atoms with Crippen LogP contribution in [0.4, 0.5) is 5.69 Å². The molecule has 0 amide bonds. The zero-order valence-electron chi connectivity index (χ0n) is 11.4. The van der Waals surface area contributed by atoms with Crippen molar-refractivity contribution in [1.82, 2.24) is 0 Å². The Bertz CT molecular complexity index is 315. The summed E-state index contributed by atoms with van der Waals surface area (Å²) >= 11 is 0. The highest BCUT2D eigenvalue weighted by Gasteiger charge is 2.19. The average molecular weight is 246 g/mol. The average Bonchev–Trinajstić information content (AvgIpc) is 2.70. The lowest BCUT2D eigenvalue weighted by Gasteiger charge is -2.33. The normalized spacial score (nSPS) is 17.4. The standard InChI is InChI=1S/C16H26N2/c17-13-8-14-18(16-11-6-3-7-12-16)15-9-4-1-2-5-10-15/h3,6-7,11-12,15H,1-2,4-5,8-10,13-14,17H2. The van der Waals surface area contributed by atoms with Gasteiger partial charge < -0.3 is 10.6 Å². The third-order valence-corrected chi connectivity index (χ3v) is 3.96.